The van der Waals surface area contributed by atoms with E-state index in [1.807, 2.05) is 13.8 Å². The molecule has 0 rings (SSSR count). The van der Waals surface area contributed by atoms with Crippen molar-refractivity contribution in [2.45, 2.75) is 13.8 Å². The summed E-state index contributed by atoms with van der Waals surface area (Å²) in [6.45, 7) is 6.03. The summed E-state index contributed by atoms with van der Waals surface area (Å²) in [4.78, 5) is 0. The molecule has 81 valence electrons. The fourth-order valence-corrected chi connectivity index (χ4v) is 0. The predicted molar refractivity (Wildman–Crippen MR) is 26.9 cm³/mol. The van der Waals surface area contributed by atoms with Gasteiger partial charge in [-0.3, -0.25) is 0 Å². The average Bonchev–Trinajstić information content (AvgIpc) is 1.39. The third kappa shape index (κ3) is 418. The second kappa shape index (κ2) is 101. The first-order chi connectivity index (χ1) is 2.83. The first kappa shape index (κ1) is 54.1. The van der Waals surface area contributed by atoms with E-state index in [9.17, 15) is 0 Å². The van der Waals surface area contributed by atoms with Crippen molar-refractivity contribution in [3.63, 3.8) is 0 Å². The molecule has 6 N–H and O–H groups in total. The first-order valence-electron chi connectivity index (χ1n) is 2.41. The summed E-state index contributed by atoms with van der Waals surface area (Å²) in [5.41, 5.74) is 6.97. The Morgan fingerprint density at radius 1 is 0.727 bits per heavy atom. The Bertz CT molecular complexity index is 22.1. The van der Waals surface area contributed by atoms with Gasteiger partial charge in [-0.15, -0.1) is 0 Å². The van der Waals surface area contributed by atoms with Crippen molar-refractivity contribution in [1.29, 1.82) is 0 Å². The van der Waals surface area contributed by atoms with E-state index in [0.717, 1.165) is 13.1 Å². The topological polar surface area (TPSA) is 55.3 Å². The van der Waals surface area contributed by atoms with Gasteiger partial charge in [0.1, 0.15) is 0 Å². The molecule has 0 saturated carbocycles. The quantitative estimate of drug-likeness (QED) is 0.417. The molecular formula is C4H16Cl4CuN2. The zero-order valence-corrected chi connectivity index (χ0v) is 10.6. The van der Waals surface area contributed by atoms with Crippen LogP contribution in [0.25, 0.3) is 0 Å². The van der Waals surface area contributed by atoms with E-state index < -0.39 is 0 Å². The minimum atomic E-state index is 0. The van der Waals surface area contributed by atoms with Crippen LogP contribution in [-0.4, -0.2) is 13.1 Å². The molecule has 1 radical (unpaired) electrons. The van der Waals surface area contributed by atoms with E-state index in [2.05, 4.69) is 11.5 Å². The second-order valence-corrected chi connectivity index (χ2v) is 1.000. The van der Waals surface area contributed by atoms with Gasteiger partial charge in [0.2, 0.25) is 0 Å². The summed E-state index contributed by atoms with van der Waals surface area (Å²) in [5, 5.41) is 0. The Hall–Kier alpha value is 1.60. The summed E-state index contributed by atoms with van der Waals surface area (Å²) >= 11 is 0. The number of quaternary nitrogens is 2. The summed E-state index contributed by atoms with van der Waals surface area (Å²) in [6, 6.07) is 0. The average molecular weight is 298 g/mol. The SMILES string of the molecule is CC[NH3+].CC[NH3+].[Cl-].[Cl-].[Cl-].[Cl-].[Cu+2]. The van der Waals surface area contributed by atoms with Crippen molar-refractivity contribution in [2.75, 3.05) is 13.1 Å². The number of rotatable bonds is 0. The Labute approximate surface area is 105 Å². The van der Waals surface area contributed by atoms with Gasteiger partial charge in [-0.25, -0.2) is 0 Å². The molecule has 0 aromatic rings. The van der Waals surface area contributed by atoms with Crippen molar-refractivity contribution in [3.05, 3.63) is 0 Å². The Balaban J connectivity index is -0.00000000400. The minimum absolute atomic E-state index is 0. The fourth-order valence-electron chi connectivity index (χ4n) is 0. The van der Waals surface area contributed by atoms with Gasteiger partial charge in [0.15, 0.2) is 0 Å². The molecule has 0 unspecified atom stereocenters. The van der Waals surface area contributed by atoms with Gasteiger partial charge in [0.25, 0.3) is 0 Å². The molecule has 0 fully saturated rings. The molecule has 0 amide bonds. The van der Waals surface area contributed by atoms with Gasteiger partial charge in [-0.05, 0) is 13.8 Å². The molecule has 7 heteroatoms. The van der Waals surface area contributed by atoms with Crippen LogP contribution >= 0.6 is 0 Å². The van der Waals surface area contributed by atoms with Crippen molar-refractivity contribution < 1.29 is 78.2 Å². The van der Waals surface area contributed by atoms with Crippen molar-refractivity contribution in [3.8, 4) is 0 Å². The van der Waals surface area contributed by atoms with Crippen LogP contribution in [0.2, 0.25) is 0 Å². The molecule has 0 heterocycles. The molecule has 0 spiro atoms. The molecule has 0 aliphatic rings. The monoisotopic (exact) mass is 295 g/mol. The molecule has 0 saturated heterocycles. The van der Waals surface area contributed by atoms with E-state index in [1.165, 1.54) is 0 Å². The third-order valence-corrected chi connectivity index (χ3v) is 0. The first-order valence-corrected chi connectivity index (χ1v) is 2.41. The van der Waals surface area contributed by atoms with E-state index >= 15 is 0 Å². The second-order valence-electron chi connectivity index (χ2n) is 1.000. The summed E-state index contributed by atoms with van der Waals surface area (Å²) in [7, 11) is 0. The zero-order chi connectivity index (χ0) is 5.41. The van der Waals surface area contributed by atoms with Crippen LogP contribution in [0.3, 0.4) is 0 Å². The largest absolute Gasteiger partial charge is 2.00 e. The van der Waals surface area contributed by atoms with Crippen LogP contribution in [0, 0.1) is 0 Å². The number of hydrogen-bond acceptors (Lipinski definition) is 0. The Morgan fingerprint density at radius 3 is 0.727 bits per heavy atom. The normalized spacial score (nSPS) is 3.27. The molecule has 2 nitrogen and oxygen atoms in total. The van der Waals surface area contributed by atoms with Gasteiger partial charge in [-0.2, -0.15) is 0 Å². The van der Waals surface area contributed by atoms with Gasteiger partial charge >= 0.3 is 17.1 Å². The van der Waals surface area contributed by atoms with Crippen LogP contribution in [0.4, 0.5) is 0 Å². The smallest absolute Gasteiger partial charge is 1.00 e. The molecule has 0 aromatic heterocycles. The standard InChI is InChI=1S/2C2H7N.4ClH.Cu/c2*1-2-3;;;;;/h2*2-3H2,1H3;4*1H;/q;;;;;;+2/p-2. The van der Waals surface area contributed by atoms with Crippen LogP contribution in [-0.2, 0) is 17.1 Å². The molecule has 0 bridgehead atoms. The van der Waals surface area contributed by atoms with Crippen molar-refractivity contribution >= 4 is 0 Å². The predicted octanol–water partition coefficient (Wildman–Crippen LogP) is -13.5. The maximum absolute atomic E-state index is 3.49. The molecule has 0 aliphatic heterocycles. The molecule has 0 aliphatic carbocycles. The van der Waals surface area contributed by atoms with Crippen molar-refractivity contribution in [1.82, 2.24) is 0 Å². The van der Waals surface area contributed by atoms with Crippen molar-refractivity contribution in [2.24, 2.45) is 0 Å². The summed E-state index contributed by atoms with van der Waals surface area (Å²) in [6.07, 6.45) is 0. The maximum atomic E-state index is 3.49. The summed E-state index contributed by atoms with van der Waals surface area (Å²) in [5.74, 6) is 0. The van der Waals surface area contributed by atoms with E-state index in [1.54, 1.807) is 0 Å². The van der Waals surface area contributed by atoms with Crippen LogP contribution < -0.4 is 61.1 Å². The minimum Gasteiger partial charge on any atom is -1.00 e. The van der Waals surface area contributed by atoms with Crippen LogP contribution in [0.5, 0.6) is 0 Å². The van der Waals surface area contributed by atoms with Gasteiger partial charge < -0.3 is 61.1 Å². The number of hydrogen-bond donors (Lipinski definition) is 2. The molecular weight excluding hydrogens is 281 g/mol. The summed E-state index contributed by atoms with van der Waals surface area (Å²) < 4.78 is 0. The van der Waals surface area contributed by atoms with Gasteiger partial charge in [-0.1, -0.05) is 0 Å². The fraction of sp³-hybridized carbons (Fsp3) is 1.00. The van der Waals surface area contributed by atoms with E-state index in [-0.39, 0.29) is 66.7 Å². The Morgan fingerprint density at radius 2 is 0.727 bits per heavy atom. The molecule has 0 atom stereocenters. The van der Waals surface area contributed by atoms with E-state index in [4.69, 9.17) is 0 Å². The van der Waals surface area contributed by atoms with Gasteiger partial charge in [0, 0.05) is 0 Å². The van der Waals surface area contributed by atoms with Gasteiger partial charge in [0.05, 0.1) is 13.1 Å². The van der Waals surface area contributed by atoms with Crippen LogP contribution in [0.15, 0.2) is 0 Å². The Kier molecular flexibility index (Phi) is 494. The maximum Gasteiger partial charge on any atom is 2.00 e. The molecule has 0 aromatic carbocycles. The van der Waals surface area contributed by atoms with Crippen LogP contribution in [0.1, 0.15) is 13.8 Å². The third-order valence-electron chi connectivity index (χ3n) is 0. The number of halogens is 4. The van der Waals surface area contributed by atoms with E-state index in [0.29, 0.717) is 0 Å². The molecule has 11 heavy (non-hydrogen) atoms. The zero-order valence-electron chi connectivity index (χ0n) is 6.64.